The summed E-state index contributed by atoms with van der Waals surface area (Å²) in [5.41, 5.74) is 0.761. The van der Waals surface area contributed by atoms with Crippen LogP contribution in [0.2, 0.25) is 0 Å². The first kappa shape index (κ1) is 16.1. The summed E-state index contributed by atoms with van der Waals surface area (Å²) in [6.07, 6.45) is 0.452. The molecule has 0 radical (unpaired) electrons. The largest absolute Gasteiger partial charge is 0.481 e. The molecule has 0 spiro atoms. The van der Waals surface area contributed by atoms with Crippen molar-refractivity contribution < 1.29 is 18.3 Å². The van der Waals surface area contributed by atoms with Crippen LogP contribution in [0, 0.1) is 11.3 Å². The summed E-state index contributed by atoms with van der Waals surface area (Å²) in [7, 11) is -3.65. The number of hydrogen-bond donors (Lipinski definition) is 2. The van der Waals surface area contributed by atoms with E-state index < -0.39 is 22.0 Å². The minimum absolute atomic E-state index is 0.00352. The number of aryl methyl sites for hydroxylation is 1. The number of carboxylic acid groups (broad SMARTS) is 1. The highest BCUT2D eigenvalue weighted by molar-refractivity contribution is 7.89. The van der Waals surface area contributed by atoms with Crippen molar-refractivity contribution in [2.45, 2.75) is 37.1 Å². The molecule has 108 valence electrons. The molecule has 0 saturated carbocycles. The van der Waals surface area contributed by atoms with Gasteiger partial charge in [-0.2, -0.15) is 5.26 Å². The summed E-state index contributed by atoms with van der Waals surface area (Å²) in [6, 6.07) is 7.47. The Morgan fingerprint density at radius 1 is 1.40 bits per heavy atom. The molecule has 0 heterocycles. The van der Waals surface area contributed by atoms with Gasteiger partial charge in [0.15, 0.2) is 0 Å². The van der Waals surface area contributed by atoms with Crippen LogP contribution < -0.4 is 4.72 Å². The molecular weight excluding hydrogens is 280 g/mol. The SMILES string of the molecule is CC(CC#N)NS(=O)(=O)c1ccc(CCC(=O)O)cc1. The third-order valence-electron chi connectivity index (χ3n) is 2.62. The van der Waals surface area contributed by atoms with Gasteiger partial charge in [0, 0.05) is 12.5 Å². The van der Waals surface area contributed by atoms with Crippen LogP contribution in [0.25, 0.3) is 0 Å². The van der Waals surface area contributed by atoms with E-state index in [4.69, 9.17) is 10.4 Å². The standard InChI is InChI=1S/C13H16N2O4S/c1-10(8-9-14)15-20(18,19)12-5-2-11(3-6-12)4-7-13(16)17/h2-3,5-6,10,15H,4,7-8H2,1H3,(H,16,17). The van der Waals surface area contributed by atoms with Gasteiger partial charge in [0.2, 0.25) is 10.0 Å². The molecule has 0 amide bonds. The Hall–Kier alpha value is -1.91. The average molecular weight is 296 g/mol. The monoisotopic (exact) mass is 296 g/mol. The number of nitrogens with one attached hydrogen (secondary N) is 1. The van der Waals surface area contributed by atoms with E-state index >= 15 is 0 Å². The Morgan fingerprint density at radius 2 is 2.00 bits per heavy atom. The summed E-state index contributed by atoms with van der Waals surface area (Å²) in [6.45, 7) is 1.61. The van der Waals surface area contributed by atoms with E-state index in [2.05, 4.69) is 4.72 Å². The Kier molecular flexibility index (Phi) is 5.67. The lowest BCUT2D eigenvalue weighted by Gasteiger charge is -2.11. The van der Waals surface area contributed by atoms with Gasteiger partial charge in [-0.15, -0.1) is 0 Å². The normalized spacial score (nSPS) is 12.6. The molecule has 0 fully saturated rings. The molecule has 20 heavy (non-hydrogen) atoms. The van der Waals surface area contributed by atoms with Crippen LogP contribution in [0.1, 0.15) is 25.3 Å². The molecule has 6 nitrogen and oxygen atoms in total. The zero-order valence-corrected chi connectivity index (χ0v) is 11.9. The van der Waals surface area contributed by atoms with E-state index in [1.807, 2.05) is 6.07 Å². The number of carboxylic acids is 1. The van der Waals surface area contributed by atoms with Crippen LogP contribution in [-0.4, -0.2) is 25.5 Å². The lowest BCUT2D eigenvalue weighted by Crippen LogP contribution is -2.32. The van der Waals surface area contributed by atoms with E-state index in [-0.39, 0.29) is 17.7 Å². The highest BCUT2D eigenvalue weighted by Gasteiger charge is 2.16. The second-order valence-electron chi connectivity index (χ2n) is 4.42. The van der Waals surface area contributed by atoms with Crippen molar-refractivity contribution in [2.75, 3.05) is 0 Å². The van der Waals surface area contributed by atoms with E-state index in [0.29, 0.717) is 6.42 Å². The van der Waals surface area contributed by atoms with Crippen molar-refractivity contribution in [3.63, 3.8) is 0 Å². The number of nitrogens with zero attached hydrogens (tertiary/aromatic N) is 1. The number of hydrogen-bond acceptors (Lipinski definition) is 4. The van der Waals surface area contributed by atoms with Crippen molar-refractivity contribution in [1.29, 1.82) is 5.26 Å². The molecule has 1 unspecified atom stereocenters. The lowest BCUT2D eigenvalue weighted by molar-refractivity contribution is -0.136. The molecule has 2 N–H and O–H groups in total. The molecule has 1 atom stereocenters. The summed E-state index contributed by atoms with van der Waals surface area (Å²) < 4.78 is 26.4. The first-order chi connectivity index (χ1) is 9.35. The van der Waals surface area contributed by atoms with Crippen LogP contribution in [0.15, 0.2) is 29.2 Å². The number of benzene rings is 1. The summed E-state index contributed by atoms with van der Waals surface area (Å²) >= 11 is 0. The third kappa shape index (κ3) is 4.99. The van der Waals surface area contributed by atoms with Gasteiger partial charge in [-0.3, -0.25) is 4.79 Å². The predicted molar refractivity (Wildman–Crippen MR) is 72.4 cm³/mol. The number of rotatable bonds is 7. The second-order valence-corrected chi connectivity index (χ2v) is 6.14. The van der Waals surface area contributed by atoms with Gasteiger partial charge < -0.3 is 5.11 Å². The fraction of sp³-hybridized carbons (Fsp3) is 0.385. The van der Waals surface area contributed by atoms with Crippen molar-refractivity contribution in [3.8, 4) is 6.07 Å². The maximum atomic E-state index is 12.0. The fourth-order valence-corrected chi connectivity index (χ4v) is 2.84. The molecule has 7 heteroatoms. The molecule has 0 aliphatic heterocycles. The summed E-state index contributed by atoms with van der Waals surface area (Å²) in [5, 5.41) is 17.1. The average Bonchev–Trinajstić information content (AvgIpc) is 2.36. The van der Waals surface area contributed by atoms with Gasteiger partial charge in [0.1, 0.15) is 0 Å². The second kappa shape index (κ2) is 7.03. The van der Waals surface area contributed by atoms with Gasteiger partial charge in [-0.1, -0.05) is 12.1 Å². The molecule has 0 aliphatic carbocycles. The van der Waals surface area contributed by atoms with E-state index in [0.717, 1.165) is 5.56 Å². The number of aliphatic carboxylic acids is 1. The van der Waals surface area contributed by atoms with Crippen molar-refractivity contribution >= 4 is 16.0 Å². The molecule has 0 saturated heterocycles. The molecule has 0 aromatic heterocycles. The Morgan fingerprint density at radius 3 is 2.50 bits per heavy atom. The zero-order valence-electron chi connectivity index (χ0n) is 11.0. The maximum Gasteiger partial charge on any atom is 0.303 e. The van der Waals surface area contributed by atoms with Gasteiger partial charge in [-0.25, -0.2) is 13.1 Å². The van der Waals surface area contributed by atoms with Gasteiger partial charge in [0.05, 0.1) is 17.4 Å². The fourth-order valence-electron chi connectivity index (χ4n) is 1.60. The van der Waals surface area contributed by atoms with Crippen molar-refractivity contribution in [1.82, 2.24) is 4.72 Å². The highest BCUT2D eigenvalue weighted by atomic mass is 32.2. The predicted octanol–water partition coefficient (Wildman–Crippen LogP) is 1.28. The topological polar surface area (TPSA) is 107 Å². The number of sulfonamides is 1. The molecular formula is C13H16N2O4S. The Balaban J connectivity index is 2.77. The van der Waals surface area contributed by atoms with Crippen LogP contribution in [0.5, 0.6) is 0 Å². The van der Waals surface area contributed by atoms with Crippen LogP contribution in [-0.2, 0) is 21.2 Å². The van der Waals surface area contributed by atoms with Gasteiger partial charge in [-0.05, 0) is 31.0 Å². The first-order valence-electron chi connectivity index (χ1n) is 6.05. The molecule has 1 rings (SSSR count). The summed E-state index contributed by atoms with van der Waals surface area (Å²) in [5.74, 6) is -0.895. The minimum Gasteiger partial charge on any atom is -0.481 e. The molecule has 0 bridgehead atoms. The van der Waals surface area contributed by atoms with E-state index in [1.165, 1.54) is 12.1 Å². The maximum absolute atomic E-state index is 12.0. The minimum atomic E-state index is -3.65. The van der Waals surface area contributed by atoms with Crippen LogP contribution >= 0.6 is 0 Å². The smallest absolute Gasteiger partial charge is 0.303 e. The molecule has 1 aromatic carbocycles. The van der Waals surface area contributed by atoms with Crippen molar-refractivity contribution in [2.24, 2.45) is 0 Å². The quantitative estimate of drug-likeness (QED) is 0.788. The Labute approximate surface area is 118 Å². The summed E-state index contributed by atoms with van der Waals surface area (Å²) in [4.78, 5) is 10.5. The first-order valence-corrected chi connectivity index (χ1v) is 7.53. The highest BCUT2D eigenvalue weighted by Crippen LogP contribution is 2.12. The van der Waals surface area contributed by atoms with E-state index in [9.17, 15) is 13.2 Å². The Bertz CT molecular complexity index is 602. The van der Waals surface area contributed by atoms with Gasteiger partial charge >= 0.3 is 5.97 Å². The lowest BCUT2D eigenvalue weighted by atomic mass is 10.1. The number of nitriles is 1. The molecule has 1 aromatic rings. The van der Waals surface area contributed by atoms with E-state index in [1.54, 1.807) is 19.1 Å². The van der Waals surface area contributed by atoms with Crippen LogP contribution in [0.4, 0.5) is 0 Å². The van der Waals surface area contributed by atoms with Crippen LogP contribution in [0.3, 0.4) is 0 Å². The number of carbonyl (C=O) groups is 1. The molecule has 0 aliphatic rings. The van der Waals surface area contributed by atoms with Gasteiger partial charge in [0.25, 0.3) is 0 Å². The zero-order chi connectivity index (χ0) is 15.2. The van der Waals surface area contributed by atoms with Crippen molar-refractivity contribution in [3.05, 3.63) is 29.8 Å². The third-order valence-corrected chi connectivity index (χ3v) is 4.22.